The maximum Gasteiger partial charge on any atom is 0.0468 e. The van der Waals surface area contributed by atoms with Gasteiger partial charge >= 0.3 is 0 Å². The zero-order chi connectivity index (χ0) is 12.1. The molecule has 94 valence electrons. The van der Waals surface area contributed by atoms with Crippen LogP contribution in [0.15, 0.2) is 24.3 Å². The fourth-order valence-electron chi connectivity index (χ4n) is 2.47. The van der Waals surface area contributed by atoms with Crippen molar-refractivity contribution < 1.29 is 4.74 Å². The molecule has 17 heavy (non-hydrogen) atoms. The second kappa shape index (κ2) is 6.39. The van der Waals surface area contributed by atoms with Crippen LogP contribution in [-0.2, 0) is 4.74 Å². The van der Waals surface area contributed by atoms with E-state index in [1.54, 1.807) is 0 Å². The highest BCUT2D eigenvalue weighted by Crippen LogP contribution is 2.30. The summed E-state index contributed by atoms with van der Waals surface area (Å²) in [6.07, 6.45) is 3.48. The summed E-state index contributed by atoms with van der Waals surface area (Å²) in [6.45, 7) is 1.81. The van der Waals surface area contributed by atoms with Gasteiger partial charge in [0.2, 0.25) is 0 Å². The Labute approximate surface area is 108 Å². The van der Waals surface area contributed by atoms with E-state index in [2.05, 4.69) is 17.4 Å². The first-order chi connectivity index (χ1) is 8.31. The lowest BCUT2D eigenvalue weighted by atomic mass is 9.89. The van der Waals surface area contributed by atoms with Gasteiger partial charge in [0.05, 0.1) is 0 Å². The summed E-state index contributed by atoms with van der Waals surface area (Å²) in [6, 6.07) is 8.46. The molecule has 1 aromatic rings. The Kier molecular flexibility index (Phi) is 4.84. The predicted molar refractivity (Wildman–Crippen MR) is 71.4 cm³/mol. The predicted octanol–water partition coefficient (Wildman–Crippen LogP) is 3.42. The number of rotatable bonds is 4. The zero-order valence-corrected chi connectivity index (χ0v) is 11.0. The topological polar surface area (TPSA) is 21.3 Å². The van der Waals surface area contributed by atoms with Gasteiger partial charge in [-0.25, -0.2) is 0 Å². The molecule has 0 spiro atoms. The highest BCUT2D eigenvalue weighted by atomic mass is 35.5. The largest absolute Gasteiger partial charge is 0.381 e. The van der Waals surface area contributed by atoms with Gasteiger partial charge in [0.15, 0.2) is 0 Å². The SMILES string of the molecule is CNC(CC1CCOCC1)c1ccccc1Cl. The molecule has 1 saturated heterocycles. The normalized spacial score (nSPS) is 19.2. The maximum absolute atomic E-state index is 6.25. The molecule has 1 N–H and O–H groups in total. The molecule has 0 bridgehead atoms. The molecule has 1 aliphatic rings. The molecule has 0 aromatic heterocycles. The van der Waals surface area contributed by atoms with Crippen LogP contribution in [0.25, 0.3) is 0 Å². The molecular weight excluding hydrogens is 234 g/mol. The zero-order valence-electron chi connectivity index (χ0n) is 10.3. The van der Waals surface area contributed by atoms with Crippen LogP contribution in [0.4, 0.5) is 0 Å². The van der Waals surface area contributed by atoms with E-state index in [4.69, 9.17) is 16.3 Å². The Hall–Kier alpha value is -0.570. The Morgan fingerprint density at radius 1 is 1.35 bits per heavy atom. The third-order valence-electron chi connectivity index (χ3n) is 3.54. The van der Waals surface area contributed by atoms with E-state index in [0.717, 1.165) is 30.6 Å². The van der Waals surface area contributed by atoms with Crippen LogP contribution in [0.1, 0.15) is 30.9 Å². The third kappa shape index (κ3) is 3.44. The highest BCUT2D eigenvalue weighted by molar-refractivity contribution is 6.31. The van der Waals surface area contributed by atoms with E-state index in [1.165, 1.54) is 18.4 Å². The van der Waals surface area contributed by atoms with Gasteiger partial charge in [0.1, 0.15) is 0 Å². The van der Waals surface area contributed by atoms with Crippen LogP contribution in [0.5, 0.6) is 0 Å². The van der Waals surface area contributed by atoms with Crippen LogP contribution in [0, 0.1) is 5.92 Å². The minimum absolute atomic E-state index is 0.354. The first-order valence-corrected chi connectivity index (χ1v) is 6.68. The van der Waals surface area contributed by atoms with E-state index in [-0.39, 0.29) is 0 Å². The molecule has 1 fully saturated rings. The van der Waals surface area contributed by atoms with E-state index in [9.17, 15) is 0 Å². The number of nitrogens with one attached hydrogen (secondary N) is 1. The maximum atomic E-state index is 6.25. The Morgan fingerprint density at radius 3 is 2.71 bits per heavy atom. The number of hydrogen-bond acceptors (Lipinski definition) is 2. The number of hydrogen-bond donors (Lipinski definition) is 1. The molecule has 1 heterocycles. The van der Waals surface area contributed by atoms with Crippen molar-refractivity contribution in [2.24, 2.45) is 5.92 Å². The van der Waals surface area contributed by atoms with E-state index < -0.39 is 0 Å². The monoisotopic (exact) mass is 253 g/mol. The van der Waals surface area contributed by atoms with Crippen LogP contribution in [0.3, 0.4) is 0 Å². The Balaban J connectivity index is 2.03. The smallest absolute Gasteiger partial charge is 0.0468 e. The summed E-state index contributed by atoms with van der Waals surface area (Å²) in [5, 5.41) is 4.24. The molecule has 0 radical (unpaired) electrons. The van der Waals surface area contributed by atoms with Crippen molar-refractivity contribution in [2.45, 2.75) is 25.3 Å². The number of ether oxygens (including phenoxy) is 1. The molecule has 3 heteroatoms. The summed E-state index contributed by atoms with van der Waals surface area (Å²) in [5.41, 5.74) is 1.21. The Bertz CT molecular complexity index is 350. The van der Waals surface area contributed by atoms with Crippen molar-refractivity contribution in [3.63, 3.8) is 0 Å². The first kappa shape index (κ1) is 12.9. The van der Waals surface area contributed by atoms with Crippen LogP contribution in [-0.4, -0.2) is 20.3 Å². The lowest BCUT2D eigenvalue weighted by Gasteiger charge is -2.27. The van der Waals surface area contributed by atoms with Gasteiger partial charge in [-0.2, -0.15) is 0 Å². The molecule has 1 atom stereocenters. The fraction of sp³-hybridized carbons (Fsp3) is 0.571. The average Bonchev–Trinajstić information content (AvgIpc) is 2.38. The third-order valence-corrected chi connectivity index (χ3v) is 3.88. The Morgan fingerprint density at radius 2 is 2.06 bits per heavy atom. The van der Waals surface area contributed by atoms with Crippen LogP contribution in [0.2, 0.25) is 5.02 Å². The molecule has 1 unspecified atom stereocenters. The van der Waals surface area contributed by atoms with Crippen molar-refractivity contribution >= 4 is 11.6 Å². The quantitative estimate of drug-likeness (QED) is 0.888. The average molecular weight is 254 g/mol. The summed E-state index contributed by atoms with van der Waals surface area (Å²) < 4.78 is 5.40. The minimum atomic E-state index is 0.354. The first-order valence-electron chi connectivity index (χ1n) is 6.30. The molecule has 2 nitrogen and oxygen atoms in total. The molecular formula is C14H20ClNO. The summed E-state index contributed by atoms with van der Waals surface area (Å²) in [7, 11) is 2.01. The van der Waals surface area contributed by atoms with Gasteiger partial charge in [-0.05, 0) is 43.9 Å². The van der Waals surface area contributed by atoms with Gasteiger partial charge in [-0.1, -0.05) is 29.8 Å². The highest BCUT2D eigenvalue weighted by Gasteiger charge is 2.20. The summed E-state index contributed by atoms with van der Waals surface area (Å²) >= 11 is 6.25. The van der Waals surface area contributed by atoms with Crippen molar-refractivity contribution in [3.8, 4) is 0 Å². The molecule has 2 rings (SSSR count). The minimum Gasteiger partial charge on any atom is -0.381 e. The summed E-state index contributed by atoms with van der Waals surface area (Å²) in [5.74, 6) is 0.748. The van der Waals surface area contributed by atoms with Crippen molar-refractivity contribution in [1.82, 2.24) is 5.32 Å². The van der Waals surface area contributed by atoms with E-state index in [1.807, 2.05) is 19.2 Å². The van der Waals surface area contributed by atoms with Crippen LogP contribution < -0.4 is 5.32 Å². The van der Waals surface area contributed by atoms with Crippen molar-refractivity contribution in [3.05, 3.63) is 34.9 Å². The van der Waals surface area contributed by atoms with Gasteiger partial charge < -0.3 is 10.1 Å². The molecule has 1 aliphatic heterocycles. The fourth-order valence-corrected chi connectivity index (χ4v) is 2.74. The molecule has 0 aliphatic carbocycles. The number of benzene rings is 1. The van der Waals surface area contributed by atoms with Crippen molar-refractivity contribution in [2.75, 3.05) is 20.3 Å². The number of halogens is 1. The lowest BCUT2D eigenvalue weighted by molar-refractivity contribution is 0.0608. The van der Waals surface area contributed by atoms with Gasteiger partial charge in [-0.15, -0.1) is 0 Å². The lowest BCUT2D eigenvalue weighted by Crippen LogP contribution is -2.24. The van der Waals surface area contributed by atoms with E-state index >= 15 is 0 Å². The second-order valence-electron chi connectivity index (χ2n) is 4.65. The van der Waals surface area contributed by atoms with Crippen molar-refractivity contribution in [1.29, 1.82) is 0 Å². The van der Waals surface area contributed by atoms with Gasteiger partial charge in [0.25, 0.3) is 0 Å². The standard InChI is InChI=1S/C14H20ClNO/c1-16-14(10-11-6-8-17-9-7-11)12-4-2-3-5-13(12)15/h2-5,11,14,16H,6-10H2,1H3. The summed E-state index contributed by atoms with van der Waals surface area (Å²) in [4.78, 5) is 0. The van der Waals surface area contributed by atoms with Gasteiger partial charge in [0, 0.05) is 24.3 Å². The molecule has 0 amide bonds. The van der Waals surface area contributed by atoms with E-state index in [0.29, 0.717) is 6.04 Å². The van der Waals surface area contributed by atoms with Gasteiger partial charge in [-0.3, -0.25) is 0 Å². The second-order valence-corrected chi connectivity index (χ2v) is 5.06. The molecule has 0 saturated carbocycles. The van der Waals surface area contributed by atoms with Crippen LogP contribution >= 0.6 is 11.6 Å². The molecule has 1 aromatic carbocycles.